The second-order valence-corrected chi connectivity index (χ2v) is 7.19. The zero-order valence-electron chi connectivity index (χ0n) is 7.27. The first kappa shape index (κ1) is 9.33. The van der Waals surface area contributed by atoms with E-state index in [1.807, 2.05) is 34.4 Å². The van der Waals surface area contributed by atoms with Gasteiger partial charge in [0.25, 0.3) is 0 Å². The normalized spacial score (nSPS) is 19.9. The van der Waals surface area contributed by atoms with Crippen LogP contribution in [-0.2, 0) is 6.42 Å². The summed E-state index contributed by atoms with van der Waals surface area (Å²) in [6, 6.07) is 4.31. The molecule has 3 rings (SSSR count). The number of rotatable bonds is 1. The van der Waals surface area contributed by atoms with Gasteiger partial charge in [0.2, 0.25) is 0 Å². The van der Waals surface area contributed by atoms with Gasteiger partial charge in [0.15, 0.2) is 0 Å². The van der Waals surface area contributed by atoms with E-state index in [1.165, 1.54) is 20.2 Å². The fourth-order valence-electron chi connectivity index (χ4n) is 1.60. The number of hydrogen-bond donors (Lipinski definition) is 1. The fraction of sp³-hybridized carbons (Fsp3) is 0.200. The molecule has 0 aliphatic carbocycles. The van der Waals surface area contributed by atoms with Crippen molar-refractivity contribution in [1.82, 2.24) is 0 Å². The van der Waals surface area contributed by atoms with Crippen molar-refractivity contribution in [2.24, 2.45) is 0 Å². The first-order chi connectivity index (χ1) is 6.84. The Bertz CT molecular complexity index is 441. The largest absolute Gasteiger partial charge is 0.164 e. The number of hydrogen-bond acceptors (Lipinski definition) is 4. The van der Waals surface area contributed by atoms with E-state index in [2.05, 4.69) is 35.5 Å². The quantitative estimate of drug-likeness (QED) is 0.739. The number of thioether (sulfide) groups is 1. The highest BCUT2D eigenvalue weighted by atomic mass is 32.2. The van der Waals surface area contributed by atoms with Crippen molar-refractivity contribution in [2.75, 3.05) is 0 Å². The van der Waals surface area contributed by atoms with Gasteiger partial charge in [-0.15, -0.1) is 34.4 Å². The van der Waals surface area contributed by atoms with Crippen LogP contribution in [-0.4, -0.2) is 4.58 Å². The molecule has 1 unspecified atom stereocenters. The molecule has 0 amide bonds. The Morgan fingerprint density at radius 2 is 2.29 bits per heavy atom. The van der Waals surface area contributed by atoms with Gasteiger partial charge in [-0.3, -0.25) is 0 Å². The van der Waals surface area contributed by atoms with Crippen LogP contribution in [0, 0.1) is 0 Å². The molecule has 2 aromatic rings. The Hall–Kier alpha value is 0.1000. The molecule has 1 aliphatic heterocycles. The molecule has 0 bridgehead atoms. The van der Waals surface area contributed by atoms with Crippen LogP contribution in [0.4, 0.5) is 0 Å². The topological polar surface area (TPSA) is 0 Å². The predicted octanol–water partition coefficient (Wildman–Crippen LogP) is 4.38. The number of fused-ring (bicyclic) bond motifs is 1. The van der Waals surface area contributed by atoms with E-state index in [0.717, 1.165) is 6.42 Å². The van der Waals surface area contributed by atoms with E-state index >= 15 is 0 Å². The maximum Gasteiger partial charge on any atom is 0.0581 e. The Balaban J connectivity index is 2.10. The van der Waals surface area contributed by atoms with Crippen molar-refractivity contribution in [3.8, 4) is 9.75 Å². The second-order valence-electron chi connectivity index (χ2n) is 3.17. The van der Waals surface area contributed by atoms with Gasteiger partial charge in [-0.05, 0) is 28.8 Å². The molecule has 1 aliphatic rings. The highest BCUT2D eigenvalue weighted by Crippen LogP contribution is 2.48. The van der Waals surface area contributed by atoms with Gasteiger partial charge in [0, 0.05) is 9.77 Å². The van der Waals surface area contributed by atoms with Crippen LogP contribution >= 0.6 is 47.1 Å². The summed E-state index contributed by atoms with van der Waals surface area (Å²) in [6.45, 7) is 0. The molecule has 0 aromatic carbocycles. The molecule has 0 spiro atoms. The van der Waals surface area contributed by atoms with Crippen LogP contribution < -0.4 is 0 Å². The Morgan fingerprint density at radius 1 is 1.36 bits per heavy atom. The third kappa shape index (κ3) is 1.45. The SMILES string of the molecule is SC1Cc2csc(-c3cccs3)c2S1. The van der Waals surface area contributed by atoms with Crippen molar-refractivity contribution in [3.05, 3.63) is 28.5 Å². The van der Waals surface area contributed by atoms with Crippen LogP contribution in [0.1, 0.15) is 5.56 Å². The first-order valence-corrected chi connectivity index (χ1v) is 7.49. The first-order valence-electron chi connectivity index (χ1n) is 4.33. The standard InChI is InChI=1S/C10H8S4/c11-8-4-6-5-13-10(9(6)14-8)7-2-1-3-12-7/h1-3,5,8,11H,4H2. The van der Waals surface area contributed by atoms with Crippen LogP contribution in [0.5, 0.6) is 0 Å². The molecule has 2 aromatic heterocycles. The highest BCUT2D eigenvalue weighted by Gasteiger charge is 2.24. The van der Waals surface area contributed by atoms with Gasteiger partial charge >= 0.3 is 0 Å². The Labute approximate surface area is 101 Å². The summed E-state index contributed by atoms with van der Waals surface area (Å²) >= 11 is 10.1. The highest BCUT2D eigenvalue weighted by molar-refractivity contribution is 8.10. The van der Waals surface area contributed by atoms with E-state index in [4.69, 9.17) is 0 Å². The maximum absolute atomic E-state index is 4.52. The summed E-state index contributed by atoms with van der Waals surface area (Å²) in [7, 11) is 0. The number of thiophene rings is 2. The average Bonchev–Trinajstić information content (AvgIpc) is 2.77. The fourth-order valence-corrected chi connectivity index (χ4v) is 5.44. The predicted molar refractivity (Wildman–Crippen MR) is 70.0 cm³/mol. The maximum atomic E-state index is 4.52. The van der Waals surface area contributed by atoms with Crippen molar-refractivity contribution in [1.29, 1.82) is 0 Å². The minimum Gasteiger partial charge on any atom is -0.164 e. The molecule has 1 atom stereocenters. The lowest BCUT2D eigenvalue weighted by Gasteiger charge is -1.98. The second kappa shape index (κ2) is 3.59. The lowest BCUT2D eigenvalue weighted by Crippen LogP contribution is -1.85. The van der Waals surface area contributed by atoms with E-state index in [0.29, 0.717) is 4.58 Å². The lowest BCUT2D eigenvalue weighted by molar-refractivity contribution is 1.13. The molecule has 0 saturated heterocycles. The van der Waals surface area contributed by atoms with Crippen LogP contribution in [0.25, 0.3) is 9.75 Å². The van der Waals surface area contributed by atoms with Crippen LogP contribution in [0.15, 0.2) is 27.8 Å². The van der Waals surface area contributed by atoms with E-state index in [1.54, 1.807) is 0 Å². The molecular formula is C10H8S4. The molecular weight excluding hydrogens is 248 g/mol. The smallest absolute Gasteiger partial charge is 0.0581 e. The summed E-state index contributed by atoms with van der Waals surface area (Å²) in [4.78, 5) is 4.31. The molecule has 0 saturated carbocycles. The van der Waals surface area contributed by atoms with Crippen LogP contribution in [0.3, 0.4) is 0 Å². The van der Waals surface area contributed by atoms with Gasteiger partial charge in [0.1, 0.15) is 0 Å². The minimum atomic E-state index is 0.465. The molecule has 0 nitrogen and oxygen atoms in total. The summed E-state index contributed by atoms with van der Waals surface area (Å²) in [5.41, 5.74) is 1.49. The zero-order chi connectivity index (χ0) is 9.54. The van der Waals surface area contributed by atoms with Gasteiger partial charge in [-0.2, -0.15) is 12.6 Å². The third-order valence-electron chi connectivity index (χ3n) is 2.21. The van der Waals surface area contributed by atoms with Crippen molar-refractivity contribution in [3.63, 3.8) is 0 Å². The summed E-state index contributed by atoms with van der Waals surface area (Å²) in [5, 5.41) is 4.42. The van der Waals surface area contributed by atoms with E-state index in [-0.39, 0.29) is 0 Å². The summed E-state index contributed by atoms with van der Waals surface area (Å²) < 4.78 is 0.465. The van der Waals surface area contributed by atoms with Crippen LogP contribution in [0.2, 0.25) is 0 Å². The van der Waals surface area contributed by atoms with Crippen molar-refractivity contribution in [2.45, 2.75) is 15.9 Å². The van der Waals surface area contributed by atoms with Gasteiger partial charge in [0.05, 0.1) is 9.46 Å². The lowest BCUT2D eigenvalue weighted by atomic mass is 10.2. The number of thiol groups is 1. The van der Waals surface area contributed by atoms with Gasteiger partial charge < -0.3 is 0 Å². The molecule has 14 heavy (non-hydrogen) atoms. The van der Waals surface area contributed by atoms with Gasteiger partial charge in [-0.1, -0.05) is 6.07 Å². The molecule has 0 radical (unpaired) electrons. The third-order valence-corrected chi connectivity index (χ3v) is 6.06. The van der Waals surface area contributed by atoms with Gasteiger partial charge in [-0.25, -0.2) is 0 Å². The molecule has 0 N–H and O–H groups in total. The van der Waals surface area contributed by atoms with Crippen molar-refractivity contribution >= 4 is 47.1 Å². The monoisotopic (exact) mass is 256 g/mol. The summed E-state index contributed by atoms with van der Waals surface area (Å²) in [5.74, 6) is 0. The average molecular weight is 256 g/mol. The Kier molecular flexibility index (Phi) is 2.40. The molecule has 3 heterocycles. The zero-order valence-corrected chi connectivity index (χ0v) is 10.6. The summed E-state index contributed by atoms with van der Waals surface area (Å²) in [6.07, 6.45) is 1.12. The van der Waals surface area contributed by atoms with E-state index < -0.39 is 0 Å². The molecule has 72 valence electrons. The van der Waals surface area contributed by atoms with Crippen molar-refractivity contribution < 1.29 is 0 Å². The minimum absolute atomic E-state index is 0.465. The van der Waals surface area contributed by atoms with E-state index in [9.17, 15) is 0 Å². The molecule has 4 heteroatoms. The molecule has 0 fully saturated rings. The Morgan fingerprint density at radius 3 is 3.07 bits per heavy atom.